The van der Waals surface area contributed by atoms with E-state index in [2.05, 4.69) is 0 Å². The molecule has 1 aliphatic heterocycles. The highest BCUT2D eigenvalue weighted by molar-refractivity contribution is 6.08. The molecule has 0 aromatic heterocycles. The molecule has 0 radical (unpaired) electrons. The Balaban J connectivity index is 1.99. The fraction of sp³-hybridized carbons (Fsp3) is 0.133. The van der Waals surface area contributed by atoms with Crippen molar-refractivity contribution in [1.82, 2.24) is 0 Å². The molecule has 2 aromatic rings. The SMILES string of the molecule is Nc1cc(N)cc(C(=O)N2CCOc3ccccc32)c1. The average molecular weight is 269 g/mol. The van der Waals surface area contributed by atoms with Crippen LogP contribution < -0.4 is 21.1 Å². The molecule has 0 saturated heterocycles. The molecule has 0 spiro atoms. The lowest BCUT2D eigenvalue weighted by atomic mass is 10.1. The Hall–Kier alpha value is -2.69. The third-order valence-electron chi connectivity index (χ3n) is 3.20. The summed E-state index contributed by atoms with van der Waals surface area (Å²) in [5, 5.41) is 0. The second kappa shape index (κ2) is 4.77. The Morgan fingerprint density at radius 1 is 1.10 bits per heavy atom. The molecule has 5 nitrogen and oxygen atoms in total. The number of nitrogen functional groups attached to an aromatic ring is 2. The number of hydrogen-bond acceptors (Lipinski definition) is 4. The van der Waals surface area contributed by atoms with E-state index in [9.17, 15) is 4.79 Å². The van der Waals surface area contributed by atoms with E-state index in [-0.39, 0.29) is 5.91 Å². The minimum absolute atomic E-state index is 0.125. The van der Waals surface area contributed by atoms with E-state index >= 15 is 0 Å². The number of amides is 1. The molecule has 20 heavy (non-hydrogen) atoms. The standard InChI is InChI=1S/C15H15N3O2/c16-11-7-10(8-12(17)9-11)15(19)18-5-6-20-14-4-2-1-3-13(14)18/h1-4,7-9H,5-6,16-17H2. The largest absolute Gasteiger partial charge is 0.490 e. The number of hydrogen-bond donors (Lipinski definition) is 2. The van der Waals surface area contributed by atoms with Gasteiger partial charge in [0.15, 0.2) is 0 Å². The zero-order valence-electron chi connectivity index (χ0n) is 10.9. The van der Waals surface area contributed by atoms with E-state index in [0.29, 0.717) is 35.8 Å². The van der Waals surface area contributed by atoms with Crippen molar-refractivity contribution < 1.29 is 9.53 Å². The molecule has 5 heteroatoms. The molecular formula is C15H15N3O2. The third kappa shape index (κ3) is 2.14. The summed E-state index contributed by atoms with van der Waals surface area (Å²) in [6.45, 7) is 0.977. The molecule has 1 amide bonds. The van der Waals surface area contributed by atoms with Gasteiger partial charge in [0.2, 0.25) is 0 Å². The average Bonchev–Trinajstić information content (AvgIpc) is 2.45. The molecule has 0 bridgehead atoms. The molecule has 0 saturated carbocycles. The number of anilines is 3. The van der Waals surface area contributed by atoms with Gasteiger partial charge >= 0.3 is 0 Å². The van der Waals surface area contributed by atoms with Crippen LogP contribution in [0.5, 0.6) is 5.75 Å². The lowest BCUT2D eigenvalue weighted by Gasteiger charge is -2.29. The first kappa shape index (κ1) is 12.3. The maximum absolute atomic E-state index is 12.6. The molecule has 102 valence electrons. The van der Waals surface area contributed by atoms with E-state index < -0.39 is 0 Å². The number of benzene rings is 2. The van der Waals surface area contributed by atoms with Gasteiger partial charge < -0.3 is 21.1 Å². The maximum atomic E-state index is 12.6. The summed E-state index contributed by atoms with van der Waals surface area (Å²) in [5.41, 5.74) is 13.7. The van der Waals surface area contributed by atoms with Crippen LogP contribution in [0.25, 0.3) is 0 Å². The molecule has 0 atom stereocenters. The Labute approximate surface area is 116 Å². The Bertz CT molecular complexity index is 650. The van der Waals surface area contributed by atoms with Crippen molar-refractivity contribution in [3.8, 4) is 5.75 Å². The molecule has 4 N–H and O–H groups in total. The number of rotatable bonds is 1. The van der Waals surface area contributed by atoms with Gasteiger partial charge in [0.25, 0.3) is 5.91 Å². The number of para-hydroxylation sites is 2. The number of ether oxygens (including phenoxy) is 1. The number of carbonyl (C=O) groups excluding carboxylic acids is 1. The number of nitrogens with two attached hydrogens (primary N) is 2. The predicted octanol–water partition coefficient (Wildman–Crippen LogP) is 1.89. The summed E-state index contributed by atoms with van der Waals surface area (Å²) < 4.78 is 5.54. The fourth-order valence-electron chi connectivity index (χ4n) is 2.34. The first-order valence-electron chi connectivity index (χ1n) is 6.35. The van der Waals surface area contributed by atoms with E-state index in [1.165, 1.54) is 0 Å². The van der Waals surface area contributed by atoms with Gasteiger partial charge in [-0.3, -0.25) is 4.79 Å². The van der Waals surface area contributed by atoms with E-state index in [4.69, 9.17) is 16.2 Å². The highest BCUT2D eigenvalue weighted by atomic mass is 16.5. The van der Waals surface area contributed by atoms with Gasteiger partial charge in [0.05, 0.1) is 12.2 Å². The highest BCUT2D eigenvalue weighted by Crippen LogP contribution is 2.32. The van der Waals surface area contributed by atoms with Crippen LogP contribution in [0.15, 0.2) is 42.5 Å². The summed E-state index contributed by atoms with van der Waals surface area (Å²) >= 11 is 0. The maximum Gasteiger partial charge on any atom is 0.258 e. The molecule has 1 heterocycles. The molecule has 0 unspecified atom stereocenters. The molecule has 0 aliphatic carbocycles. The summed E-state index contributed by atoms with van der Waals surface area (Å²) in [7, 11) is 0. The molecule has 1 aliphatic rings. The first-order valence-corrected chi connectivity index (χ1v) is 6.35. The Kier molecular flexibility index (Phi) is 2.95. The van der Waals surface area contributed by atoms with Crippen LogP contribution in [0.4, 0.5) is 17.1 Å². The third-order valence-corrected chi connectivity index (χ3v) is 3.20. The summed E-state index contributed by atoms with van der Waals surface area (Å²) in [6.07, 6.45) is 0. The smallest absolute Gasteiger partial charge is 0.258 e. The topological polar surface area (TPSA) is 81.6 Å². The molecule has 0 fully saturated rings. The normalized spacial score (nSPS) is 13.5. The van der Waals surface area contributed by atoms with Gasteiger partial charge in [-0.1, -0.05) is 12.1 Å². The van der Waals surface area contributed by atoms with Crippen molar-refractivity contribution >= 4 is 23.0 Å². The monoisotopic (exact) mass is 269 g/mol. The number of fused-ring (bicyclic) bond motifs is 1. The van der Waals surface area contributed by atoms with Crippen molar-refractivity contribution in [3.05, 3.63) is 48.0 Å². The van der Waals surface area contributed by atoms with Gasteiger partial charge in [0, 0.05) is 16.9 Å². The number of carbonyl (C=O) groups is 1. The van der Waals surface area contributed by atoms with Crippen LogP contribution in [-0.2, 0) is 0 Å². The van der Waals surface area contributed by atoms with Gasteiger partial charge in [0.1, 0.15) is 12.4 Å². The first-order chi connectivity index (χ1) is 9.65. The van der Waals surface area contributed by atoms with Crippen molar-refractivity contribution in [2.45, 2.75) is 0 Å². The second-order valence-corrected chi connectivity index (χ2v) is 4.66. The molecule has 3 rings (SSSR count). The summed E-state index contributed by atoms with van der Waals surface area (Å²) in [5.74, 6) is 0.587. The lowest BCUT2D eigenvalue weighted by molar-refractivity contribution is 0.0976. The minimum atomic E-state index is -0.125. The molecule has 2 aromatic carbocycles. The van der Waals surface area contributed by atoms with Crippen LogP contribution in [-0.4, -0.2) is 19.1 Å². The van der Waals surface area contributed by atoms with E-state index in [1.54, 1.807) is 23.1 Å². The quantitative estimate of drug-likeness (QED) is 0.775. The zero-order valence-corrected chi connectivity index (χ0v) is 10.9. The van der Waals surface area contributed by atoms with Gasteiger partial charge in [-0.25, -0.2) is 0 Å². The Morgan fingerprint density at radius 2 is 1.80 bits per heavy atom. The van der Waals surface area contributed by atoms with Crippen LogP contribution in [0, 0.1) is 0 Å². The molecular weight excluding hydrogens is 254 g/mol. The van der Waals surface area contributed by atoms with Crippen LogP contribution >= 0.6 is 0 Å². The van der Waals surface area contributed by atoms with Crippen LogP contribution in [0.3, 0.4) is 0 Å². The summed E-state index contributed by atoms with van der Waals surface area (Å²) in [4.78, 5) is 14.3. The predicted molar refractivity (Wildman–Crippen MR) is 78.9 cm³/mol. The van der Waals surface area contributed by atoms with Gasteiger partial charge in [-0.15, -0.1) is 0 Å². The van der Waals surface area contributed by atoms with Crippen molar-refractivity contribution in [1.29, 1.82) is 0 Å². The zero-order chi connectivity index (χ0) is 14.1. The van der Waals surface area contributed by atoms with Gasteiger partial charge in [-0.2, -0.15) is 0 Å². The van der Waals surface area contributed by atoms with Crippen LogP contribution in [0.2, 0.25) is 0 Å². The Morgan fingerprint density at radius 3 is 2.55 bits per heavy atom. The van der Waals surface area contributed by atoms with Gasteiger partial charge in [-0.05, 0) is 30.3 Å². The van der Waals surface area contributed by atoms with Crippen molar-refractivity contribution in [3.63, 3.8) is 0 Å². The lowest BCUT2D eigenvalue weighted by Crippen LogP contribution is -2.38. The number of nitrogens with zero attached hydrogens (tertiary/aromatic N) is 1. The van der Waals surface area contributed by atoms with Crippen LogP contribution in [0.1, 0.15) is 10.4 Å². The highest BCUT2D eigenvalue weighted by Gasteiger charge is 2.24. The minimum Gasteiger partial charge on any atom is -0.490 e. The van der Waals surface area contributed by atoms with E-state index in [1.807, 2.05) is 24.3 Å². The fourth-order valence-corrected chi connectivity index (χ4v) is 2.34. The second-order valence-electron chi connectivity index (χ2n) is 4.66. The van der Waals surface area contributed by atoms with Crippen molar-refractivity contribution in [2.75, 3.05) is 29.5 Å². The summed E-state index contributed by atoms with van der Waals surface area (Å²) in [6, 6.07) is 12.4. The van der Waals surface area contributed by atoms with Crippen molar-refractivity contribution in [2.24, 2.45) is 0 Å². The van der Waals surface area contributed by atoms with E-state index in [0.717, 1.165) is 5.69 Å².